The fourth-order valence-electron chi connectivity index (χ4n) is 1.51. The molecule has 72 valence electrons. The van der Waals surface area contributed by atoms with Gasteiger partial charge in [-0.05, 0) is 11.6 Å². The maximum Gasteiger partial charge on any atom is 0.317 e. The van der Waals surface area contributed by atoms with Gasteiger partial charge in [-0.1, -0.05) is 18.2 Å². The Labute approximate surface area is 85.9 Å². The molecule has 0 saturated carbocycles. The summed E-state index contributed by atoms with van der Waals surface area (Å²) in [6.07, 6.45) is 0. The van der Waals surface area contributed by atoms with E-state index in [4.69, 9.17) is 0 Å². The summed E-state index contributed by atoms with van der Waals surface area (Å²) >= 11 is 1.85. The van der Waals surface area contributed by atoms with Gasteiger partial charge in [-0.2, -0.15) is 11.8 Å². The summed E-state index contributed by atoms with van der Waals surface area (Å²) in [5.41, 5.74) is 1.43. The lowest BCUT2D eigenvalue weighted by molar-refractivity contribution is 0.0999. The van der Waals surface area contributed by atoms with E-state index in [0.717, 1.165) is 17.1 Å². The summed E-state index contributed by atoms with van der Waals surface area (Å²) in [6, 6.07) is 7.22. The summed E-state index contributed by atoms with van der Waals surface area (Å²) in [4.78, 5) is 21.4. The minimum absolute atomic E-state index is 0.418. The van der Waals surface area contributed by atoms with Gasteiger partial charge in [0.2, 0.25) is 0 Å². The number of carbonyl (C=O) groups is 1. The summed E-state index contributed by atoms with van der Waals surface area (Å²) in [7, 11) is 0. The molecular weight excluding hydrogens is 198 g/mol. The van der Waals surface area contributed by atoms with Crippen molar-refractivity contribution in [2.45, 2.75) is 5.92 Å². The molecule has 0 aliphatic carbocycles. The minimum Gasteiger partial charge on any atom is -0.263 e. The molecule has 0 spiro atoms. The molecule has 1 amide bonds. The first kappa shape index (κ1) is 9.40. The third-order valence-electron chi connectivity index (χ3n) is 2.35. The molecule has 14 heavy (non-hydrogen) atoms. The van der Waals surface area contributed by atoms with Gasteiger partial charge in [0.25, 0.3) is 0 Å². The molecule has 0 atom stereocenters. The van der Waals surface area contributed by atoms with Crippen LogP contribution in [0.4, 0.5) is 0 Å². The zero-order chi connectivity index (χ0) is 9.97. The third kappa shape index (κ3) is 1.57. The van der Waals surface area contributed by atoms with Crippen molar-refractivity contribution in [2.75, 3.05) is 11.5 Å². The number of carbonyl (C=O) groups excluding carboxylic acids is 1. The molecule has 1 aromatic rings. The Balaban J connectivity index is 2.37. The van der Waals surface area contributed by atoms with Crippen molar-refractivity contribution in [2.24, 2.45) is 5.18 Å². The number of thioether (sulfide) groups is 1. The Morgan fingerprint density at radius 1 is 1.36 bits per heavy atom. The van der Waals surface area contributed by atoms with E-state index >= 15 is 0 Å². The van der Waals surface area contributed by atoms with Gasteiger partial charge in [0.05, 0.1) is 0 Å². The van der Waals surface area contributed by atoms with Gasteiger partial charge in [0.15, 0.2) is 0 Å². The maximum absolute atomic E-state index is 11.2. The van der Waals surface area contributed by atoms with Gasteiger partial charge >= 0.3 is 5.91 Å². The number of nitrogens with zero attached hydrogens (tertiary/aromatic N) is 1. The van der Waals surface area contributed by atoms with E-state index in [-0.39, 0.29) is 0 Å². The number of amides is 1. The highest BCUT2D eigenvalue weighted by Gasteiger charge is 2.24. The van der Waals surface area contributed by atoms with Crippen LogP contribution in [0, 0.1) is 4.91 Å². The third-order valence-corrected chi connectivity index (χ3v) is 3.63. The van der Waals surface area contributed by atoms with Crippen LogP contribution in [-0.4, -0.2) is 17.4 Å². The van der Waals surface area contributed by atoms with Crippen LogP contribution in [0.3, 0.4) is 0 Å². The number of nitroso groups, excluding NO2 is 1. The van der Waals surface area contributed by atoms with E-state index < -0.39 is 5.91 Å². The molecular formula is C10H9NO2S. The second-order valence-electron chi connectivity index (χ2n) is 3.22. The molecule has 3 nitrogen and oxygen atoms in total. The van der Waals surface area contributed by atoms with Gasteiger partial charge < -0.3 is 0 Å². The summed E-state index contributed by atoms with van der Waals surface area (Å²) in [5, 5.41) is 2.46. The van der Waals surface area contributed by atoms with E-state index in [0.29, 0.717) is 11.5 Å². The minimum atomic E-state index is -0.655. The van der Waals surface area contributed by atoms with Crippen LogP contribution >= 0.6 is 11.8 Å². The van der Waals surface area contributed by atoms with E-state index in [1.54, 1.807) is 12.1 Å². The van der Waals surface area contributed by atoms with E-state index in [1.165, 1.54) is 0 Å². The number of hydrogen-bond acceptors (Lipinski definition) is 3. The highest BCUT2D eigenvalue weighted by molar-refractivity contribution is 8.00. The van der Waals surface area contributed by atoms with Crippen molar-refractivity contribution < 1.29 is 4.79 Å². The van der Waals surface area contributed by atoms with Crippen molar-refractivity contribution in [3.63, 3.8) is 0 Å². The first-order chi connectivity index (χ1) is 6.83. The summed E-state index contributed by atoms with van der Waals surface area (Å²) in [6.45, 7) is 0. The van der Waals surface area contributed by atoms with Crippen molar-refractivity contribution in [3.8, 4) is 0 Å². The van der Waals surface area contributed by atoms with Gasteiger partial charge in [-0.25, -0.2) is 0 Å². The van der Waals surface area contributed by atoms with Crippen LogP contribution in [0.5, 0.6) is 0 Å². The number of hydrogen-bond donors (Lipinski definition) is 0. The normalized spacial score (nSPS) is 16.0. The average molecular weight is 207 g/mol. The molecule has 1 aromatic carbocycles. The SMILES string of the molecule is O=NC(=O)c1ccccc1C1CSC1. The lowest BCUT2D eigenvalue weighted by Crippen LogP contribution is -2.18. The molecule has 0 N–H and O–H groups in total. The number of benzene rings is 1. The highest BCUT2D eigenvalue weighted by Crippen LogP contribution is 2.35. The summed E-state index contributed by atoms with van der Waals surface area (Å²) < 4.78 is 0. The van der Waals surface area contributed by atoms with E-state index in [9.17, 15) is 9.70 Å². The van der Waals surface area contributed by atoms with Gasteiger partial charge in [0.1, 0.15) is 0 Å². The van der Waals surface area contributed by atoms with Gasteiger partial charge in [0, 0.05) is 28.2 Å². The Morgan fingerprint density at radius 3 is 2.64 bits per heavy atom. The Hall–Kier alpha value is -1.16. The zero-order valence-corrected chi connectivity index (χ0v) is 8.29. The largest absolute Gasteiger partial charge is 0.317 e. The van der Waals surface area contributed by atoms with Gasteiger partial charge in [-0.15, -0.1) is 4.91 Å². The molecule has 0 aromatic heterocycles. The smallest absolute Gasteiger partial charge is 0.263 e. The zero-order valence-electron chi connectivity index (χ0n) is 7.47. The molecule has 1 aliphatic rings. The Kier molecular flexibility index (Phi) is 2.63. The van der Waals surface area contributed by atoms with Crippen LogP contribution in [0.2, 0.25) is 0 Å². The molecule has 1 aliphatic heterocycles. The fraction of sp³-hybridized carbons (Fsp3) is 0.300. The van der Waals surface area contributed by atoms with Crippen molar-refractivity contribution >= 4 is 17.7 Å². The van der Waals surface area contributed by atoms with E-state index in [1.807, 2.05) is 23.9 Å². The maximum atomic E-state index is 11.2. The average Bonchev–Trinajstić information content (AvgIpc) is 2.15. The second kappa shape index (κ2) is 3.92. The first-order valence-corrected chi connectivity index (χ1v) is 5.52. The number of rotatable bonds is 2. The monoisotopic (exact) mass is 207 g/mol. The highest BCUT2D eigenvalue weighted by atomic mass is 32.2. The molecule has 1 fully saturated rings. The molecule has 0 radical (unpaired) electrons. The topological polar surface area (TPSA) is 46.5 Å². The lowest BCUT2D eigenvalue weighted by atomic mass is 9.96. The van der Waals surface area contributed by atoms with Gasteiger partial charge in [-0.3, -0.25) is 4.79 Å². The fourth-order valence-corrected chi connectivity index (χ4v) is 2.34. The predicted molar refractivity (Wildman–Crippen MR) is 56.6 cm³/mol. The molecule has 4 heteroatoms. The molecule has 0 unspecified atom stereocenters. The van der Waals surface area contributed by atoms with Crippen molar-refractivity contribution in [3.05, 3.63) is 40.3 Å². The Morgan fingerprint density at radius 2 is 2.07 bits per heavy atom. The molecule has 1 heterocycles. The van der Waals surface area contributed by atoms with E-state index in [2.05, 4.69) is 5.18 Å². The van der Waals surface area contributed by atoms with Crippen LogP contribution < -0.4 is 0 Å². The second-order valence-corrected chi connectivity index (χ2v) is 4.29. The van der Waals surface area contributed by atoms with Crippen molar-refractivity contribution in [1.82, 2.24) is 0 Å². The van der Waals surface area contributed by atoms with Crippen LogP contribution in [0.15, 0.2) is 29.4 Å². The quantitative estimate of drug-likeness (QED) is 0.700. The summed E-state index contributed by atoms with van der Waals surface area (Å²) in [5.74, 6) is 1.83. The van der Waals surface area contributed by atoms with Crippen LogP contribution in [-0.2, 0) is 0 Å². The molecule has 0 bridgehead atoms. The molecule has 1 saturated heterocycles. The lowest BCUT2D eigenvalue weighted by Gasteiger charge is -2.26. The first-order valence-electron chi connectivity index (χ1n) is 4.37. The predicted octanol–water partition coefficient (Wildman–Crippen LogP) is 2.42. The molecule has 2 rings (SSSR count). The standard InChI is InChI=1S/C10H9NO2S/c12-10(11-13)9-4-2-1-3-8(9)7-5-14-6-7/h1-4,7H,5-6H2. The van der Waals surface area contributed by atoms with Crippen LogP contribution in [0.1, 0.15) is 21.8 Å². The van der Waals surface area contributed by atoms with Crippen molar-refractivity contribution in [1.29, 1.82) is 0 Å². The van der Waals surface area contributed by atoms with Crippen LogP contribution in [0.25, 0.3) is 0 Å². The Bertz CT molecular complexity index is 374.